The molecule has 0 rings (SSSR count). The van der Waals surface area contributed by atoms with Crippen LogP contribution in [0, 0.1) is 10.8 Å². The lowest BCUT2D eigenvalue weighted by molar-refractivity contribution is -0.0940. The summed E-state index contributed by atoms with van der Waals surface area (Å²) >= 11 is 0. The van der Waals surface area contributed by atoms with Crippen LogP contribution in [0.4, 0.5) is 0 Å². The van der Waals surface area contributed by atoms with Gasteiger partial charge in [0.2, 0.25) is 0 Å². The minimum atomic E-state index is -0.0292. The summed E-state index contributed by atoms with van der Waals surface area (Å²) in [5.41, 5.74) is -0.00254. The predicted octanol–water partition coefficient (Wildman–Crippen LogP) is 3.61. The topological polar surface area (TPSA) is 36.9 Å². The van der Waals surface area contributed by atoms with E-state index in [2.05, 4.69) is 53.7 Å². The summed E-state index contributed by atoms with van der Waals surface area (Å²) in [7, 11) is 3.26. The maximum Gasteiger partial charge on any atom is 0.147 e. The standard InChI is InChI=1S/C16H32O4/c1-15(2,3)13(19-11-17-7)9-10-14(16(4,5)6)20-12-18-8/h9-10,13-14H,11-12H2,1-8H3/b10-9+/t13-,14+. The molecule has 0 aromatic heterocycles. The van der Waals surface area contributed by atoms with Crippen molar-refractivity contribution in [1.29, 1.82) is 0 Å². The minimum absolute atomic E-state index is 0.00127. The van der Waals surface area contributed by atoms with Crippen molar-refractivity contribution in [2.75, 3.05) is 27.8 Å². The summed E-state index contributed by atoms with van der Waals surface area (Å²) in [6.07, 6.45) is 4.06. The first-order chi connectivity index (χ1) is 9.12. The summed E-state index contributed by atoms with van der Waals surface area (Å²) < 4.78 is 21.5. The highest BCUT2D eigenvalue weighted by molar-refractivity contribution is 5.02. The second-order valence-electron chi connectivity index (χ2n) is 7.10. The fourth-order valence-corrected chi connectivity index (χ4v) is 1.67. The lowest BCUT2D eigenvalue weighted by Crippen LogP contribution is -2.31. The summed E-state index contributed by atoms with van der Waals surface area (Å²) in [5, 5.41) is 0. The van der Waals surface area contributed by atoms with Crippen LogP contribution in [0.25, 0.3) is 0 Å². The van der Waals surface area contributed by atoms with Gasteiger partial charge in [0.15, 0.2) is 0 Å². The molecule has 0 aromatic rings. The van der Waals surface area contributed by atoms with Crippen LogP contribution in [0.5, 0.6) is 0 Å². The molecule has 0 radical (unpaired) electrons. The Bertz CT molecular complexity index is 245. The van der Waals surface area contributed by atoms with Gasteiger partial charge < -0.3 is 18.9 Å². The Morgan fingerprint density at radius 3 is 1.20 bits per heavy atom. The van der Waals surface area contributed by atoms with Crippen molar-refractivity contribution in [3.63, 3.8) is 0 Å². The van der Waals surface area contributed by atoms with E-state index in [9.17, 15) is 0 Å². The highest BCUT2D eigenvalue weighted by atomic mass is 16.7. The van der Waals surface area contributed by atoms with Crippen LogP contribution in [0.15, 0.2) is 12.2 Å². The van der Waals surface area contributed by atoms with Crippen LogP contribution in [0.2, 0.25) is 0 Å². The molecule has 0 aliphatic heterocycles. The average Bonchev–Trinajstić information content (AvgIpc) is 2.29. The van der Waals surface area contributed by atoms with Crippen molar-refractivity contribution in [2.45, 2.75) is 53.8 Å². The van der Waals surface area contributed by atoms with Gasteiger partial charge in [0.25, 0.3) is 0 Å². The van der Waals surface area contributed by atoms with Crippen LogP contribution in [0.3, 0.4) is 0 Å². The fourth-order valence-electron chi connectivity index (χ4n) is 1.67. The van der Waals surface area contributed by atoms with E-state index >= 15 is 0 Å². The number of methoxy groups -OCH3 is 2. The SMILES string of the molecule is COCO[C@@H](/C=C/[C@@H](OCOC)C(C)(C)C)C(C)(C)C. The lowest BCUT2D eigenvalue weighted by Gasteiger charge is -2.31. The van der Waals surface area contributed by atoms with E-state index < -0.39 is 0 Å². The molecule has 0 aliphatic rings. The van der Waals surface area contributed by atoms with Gasteiger partial charge in [-0.2, -0.15) is 0 Å². The second kappa shape index (κ2) is 8.78. The molecule has 0 aliphatic carbocycles. The van der Waals surface area contributed by atoms with Crippen LogP contribution in [-0.2, 0) is 18.9 Å². The molecule has 0 aromatic carbocycles. The summed E-state index contributed by atoms with van der Waals surface area (Å²) in [6, 6.07) is 0. The third-order valence-electron chi connectivity index (χ3n) is 2.90. The Kier molecular flexibility index (Phi) is 8.59. The molecule has 0 unspecified atom stereocenters. The van der Waals surface area contributed by atoms with Gasteiger partial charge in [0.05, 0.1) is 12.2 Å². The molecule has 0 N–H and O–H groups in total. The Morgan fingerprint density at radius 2 is 1.00 bits per heavy atom. The normalized spacial score (nSPS) is 16.6. The highest BCUT2D eigenvalue weighted by Gasteiger charge is 2.26. The molecular weight excluding hydrogens is 256 g/mol. The Hall–Kier alpha value is -0.420. The molecule has 0 heterocycles. The Morgan fingerprint density at radius 1 is 0.700 bits per heavy atom. The fraction of sp³-hybridized carbons (Fsp3) is 0.875. The average molecular weight is 288 g/mol. The quantitative estimate of drug-likeness (QED) is 0.505. The van der Waals surface area contributed by atoms with Gasteiger partial charge in [-0.1, -0.05) is 53.7 Å². The molecule has 0 bridgehead atoms. The van der Waals surface area contributed by atoms with E-state index in [0.29, 0.717) is 0 Å². The molecule has 0 amide bonds. The van der Waals surface area contributed by atoms with Gasteiger partial charge in [0, 0.05) is 14.2 Å². The van der Waals surface area contributed by atoms with E-state index in [0.717, 1.165) is 0 Å². The molecule has 4 heteroatoms. The second-order valence-corrected chi connectivity index (χ2v) is 7.10. The van der Waals surface area contributed by atoms with Gasteiger partial charge in [-0.25, -0.2) is 0 Å². The molecule has 0 saturated heterocycles. The number of hydrogen-bond acceptors (Lipinski definition) is 4. The zero-order chi connectivity index (χ0) is 15.8. The van der Waals surface area contributed by atoms with Crippen LogP contribution < -0.4 is 0 Å². The maximum atomic E-state index is 5.73. The molecule has 0 saturated carbocycles. The predicted molar refractivity (Wildman–Crippen MR) is 81.5 cm³/mol. The summed E-state index contributed by atoms with van der Waals surface area (Å²) in [5.74, 6) is 0. The molecule has 2 atom stereocenters. The van der Waals surface area contributed by atoms with Gasteiger partial charge in [-0.05, 0) is 10.8 Å². The third kappa shape index (κ3) is 8.00. The van der Waals surface area contributed by atoms with Gasteiger partial charge in [0.1, 0.15) is 13.6 Å². The monoisotopic (exact) mass is 288 g/mol. The van der Waals surface area contributed by atoms with Gasteiger partial charge in [-0.3, -0.25) is 0 Å². The lowest BCUT2D eigenvalue weighted by atomic mass is 9.85. The van der Waals surface area contributed by atoms with Crippen molar-refractivity contribution in [3.05, 3.63) is 12.2 Å². The summed E-state index contributed by atoms with van der Waals surface area (Å²) in [4.78, 5) is 0. The van der Waals surface area contributed by atoms with Crippen molar-refractivity contribution >= 4 is 0 Å². The third-order valence-corrected chi connectivity index (χ3v) is 2.90. The van der Waals surface area contributed by atoms with E-state index in [1.165, 1.54) is 0 Å². The first-order valence-corrected chi connectivity index (χ1v) is 7.02. The number of rotatable bonds is 8. The van der Waals surface area contributed by atoms with Gasteiger partial charge in [-0.15, -0.1) is 0 Å². The first-order valence-electron chi connectivity index (χ1n) is 7.02. The molecular formula is C16H32O4. The molecule has 0 fully saturated rings. The number of ether oxygens (including phenoxy) is 4. The van der Waals surface area contributed by atoms with Crippen molar-refractivity contribution in [3.8, 4) is 0 Å². The van der Waals surface area contributed by atoms with E-state index in [1.54, 1.807) is 14.2 Å². The molecule has 4 nitrogen and oxygen atoms in total. The highest BCUT2D eigenvalue weighted by Crippen LogP contribution is 2.27. The molecule has 0 spiro atoms. The van der Waals surface area contributed by atoms with Crippen molar-refractivity contribution in [1.82, 2.24) is 0 Å². The van der Waals surface area contributed by atoms with Crippen LogP contribution in [0.1, 0.15) is 41.5 Å². The smallest absolute Gasteiger partial charge is 0.147 e. The van der Waals surface area contributed by atoms with E-state index in [4.69, 9.17) is 18.9 Å². The van der Waals surface area contributed by atoms with Crippen molar-refractivity contribution < 1.29 is 18.9 Å². The number of hydrogen-bond donors (Lipinski definition) is 0. The largest absolute Gasteiger partial charge is 0.359 e. The van der Waals surface area contributed by atoms with Crippen LogP contribution in [-0.4, -0.2) is 40.0 Å². The van der Waals surface area contributed by atoms with Crippen molar-refractivity contribution in [2.24, 2.45) is 10.8 Å². The van der Waals surface area contributed by atoms with Crippen LogP contribution >= 0.6 is 0 Å². The zero-order valence-electron chi connectivity index (χ0n) is 14.4. The van der Waals surface area contributed by atoms with E-state index in [-0.39, 0.29) is 36.6 Å². The zero-order valence-corrected chi connectivity index (χ0v) is 14.4. The summed E-state index contributed by atoms with van der Waals surface area (Å²) in [6.45, 7) is 13.4. The minimum Gasteiger partial charge on any atom is -0.359 e. The molecule has 120 valence electrons. The maximum absolute atomic E-state index is 5.73. The Balaban J connectivity index is 4.84. The first kappa shape index (κ1) is 19.6. The molecule has 20 heavy (non-hydrogen) atoms. The Labute approximate surface area is 124 Å². The van der Waals surface area contributed by atoms with E-state index in [1.807, 2.05) is 0 Å². The van der Waals surface area contributed by atoms with Gasteiger partial charge >= 0.3 is 0 Å².